The standard InChI is InChI=1S/C14H18O3/c1-14(2,3)17-13(16)8-7-11-5-4-6-12(9-11)10-15/h4-9,15H,10H2,1-3H3. The van der Waals surface area contributed by atoms with Crippen LogP contribution in [-0.4, -0.2) is 16.7 Å². The molecule has 0 fully saturated rings. The number of carbonyl (C=O) groups excluding carboxylic acids is 1. The molecule has 0 saturated heterocycles. The summed E-state index contributed by atoms with van der Waals surface area (Å²) in [7, 11) is 0. The number of esters is 1. The highest BCUT2D eigenvalue weighted by Gasteiger charge is 2.13. The van der Waals surface area contributed by atoms with Gasteiger partial charge in [0, 0.05) is 6.08 Å². The molecule has 92 valence electrons. The first-order valence-electron chi connectivity index (χ1n) is 5.51. The average molecular weight is 234 g/mol. The summed E-state index contributed by atoms with van der Waals surface area (Å²) < 4.78 is 5.14. The molecule has 3 nitrogen and oxygen atoms in total. The lowest BCUT2D eigenvalue weighted by atomic mass is 10.1. The topological polar surface area (TPSA) is 46.5 Å². The third-order valence-corrected chi connectivity index (χ3v) is 1.95. The van der Waals surface area contributed by atoms with Gasteiger partial charge in [-0.1, -0.05) is 18.2 Å². The second-order valence-electron chi connectivity index (χ2n) is 4.77. The molecule has 0 amide bonds. The second-order valence-corrected chi connectivity index (χ2v) is 4.77. The van der Waals surface area contributed by atoms with E-state index in [1.807, 2.05) is 45.0 Å². The maximum absolute atomic E-state index is 11.4. The van der Waals surface area contributed by atoms with Gasteiger partial charge in [-0.05, 0) is 44.0 Å². The molecule has 0 spiro atoms. The van der Waals surface area contributed by atoms with Crippen LogP contribution in [0.3, 0.4) is 0 Å². The summed E-state index contributed by atoms with van der Waals surface area (Å²) in [5.74, 6) is -0.369. The zero-order valence-corrected chi connectivity index (χ0v) is 10.4. The largest absolute Gasteiger partial charge is 0.457 e. The monoisotopic (exact) mass is 234 g/mol. The van der Waals surface area contributed by atoms with Crippen molar-refractivity contribution in [2.45, 2.75) is 33.0 Å². The summed E-state index contributed by atoms with van der Waals surface area (Å²) in [6.07, 6.45) is 3.06. The van der Waals surface area contributed by atoms with Crippen LogP contribution < -0.4 is 0 Å². The number of carbonyl (C=O) groups is 1. The maximum Gasteiger partial charge on any atom is 0.331 e. The summed E-state index contributed by atoms with van der Waals surface area (Å²) >= 11 is 0. The van der Waals surface area contributed by atoms with Gasteiger partial charge in [-0.3, -0.25) is 0 Å². The molecular formula is C14H18O3. The molecule has 0 atom stereocenters. The van der Waals surface area contributed by atoms with Crippen molar-refractivity contribution in [3.05, 3.63) is 41.5 Å². The molecule has 0 bridgehead atoms. The number of hydrogen-bond acceptors (Lipinski definition) is 3. The Morgan fingerprint density at radius 1 is 1.41 bits per heavy atom. The van der Waals surface area contributed by atoms with Crippen LogP contribution in [0.25, 0.3) is 6.08 Å². The number of hydrogen-bond donors (Lipinski definition) is 1. The van der Waals surface area contributed by atoms with E-state index in [1.54, 1.807) is 6.08 Å². The Balaban J connectivity index is 2.67. The summed E-state index contributed by atoms with van der Waals surface area (Å²) in [4.78, 5) is 11.4. The summed E-state index contributed by atoms with van der Waals surface area (Å²) in [5.41, 5.74) is 1.20. The van der Waals surface area contributed by atoms with Crippen LogP contribution in [0.2, 0.25) is 0 Å². The molecular weight excluding hydrogens is 216 g/mol. The Bertz CT molecular complexity index is 414. The van der Waals surface area contributed by atoms with Crippen molar-refractivity contribution in [2.24, 2.45) is 0 Å². The van der Waals surface area contributed by atoms with E-state index >= 15 is 0 Å². The van der Waals surface area contributed by atoms with E-state index in [2.05, 4.69) is 0 Å². The molecule has 3 heteroatoms. The van der Waals surface area contributed by atoms with Crippen LogP contribution in [0.5, 0.6) is 0 Å². The highest BCUT2D eigenvalue weighted by molar-refractivity contribution is 5.87. The minimum atomic E-state index is -0.478. The molecule has 0 aliphatic carbocycles. The molecule has 0 unspecified atom stereocenters. The Labute approximate surface area is 102 Å². The average Bonchev–Trinajstić information content (AvgIpc) is 2.24. The molecule has 0 aliphatic rings. The first-order valence-corrected chi connectivity index (χ1v) is 5.51. The van der Waals surface area contributed by atoms with Crippen LogP contribution in [-0.2, 0) is 16.1 Å². The number of benzene rings is 1. The molecule has 0 aromatic heterocycles. The fraction of sp³-hybridized carbons (Fsp3) is 0.357. The predicted octanol–water partition coefficient (Wildman–Crippen LogP) is 2.53. The van der Waals surface area contributed by atoms with Gasteiger partial charge in [-0.25, -0.2) is 4.79 Å². The summed E-state index contributed by atoms with van der Waals surface area (Å²) in [6.45, 7) is 5.47. The van der Waals surface area contributed by atoms with E-state index < -0.39 is 5.60 Å². The van der Waals surface area contributed by atoms with Crippen molar-refractivity contribution in [3.63, 3.8) is 0 Å². The number of aliphatic hydroxyl groups is 1. The summed E-state index contributed by atoms with van der Waals surface area (Å²) in [5, 5.41) is 8.98. The smallest absolute Gasteiger partial charge is 0.331 e. The molecule has 1 N–H and O–H groups in total. The number of ether oxygens (including phenoxy) is 1. The SMILES string of the molecule is CC(C)(C)OC(=O)C=Cc1cccc(CO)c1. The quantitative estimate of drug-likeness (QED) is 0.645. The summed E-state index contributed by atoms with van der Waals surface area (Å²) in [6, 6.07) is 7.34. The number of rotatable bonds is 3. The highest BCUT2D eigenvalue weighted by atomic mass is 16.6. The Kier molecular flexibility index (Phi) is 4.46. The first kappa shape index (κ1) is 13.5. The predicted molar refractivity (Wildman–Crippen MR) is 67.2 cm³/mol. The van der Waals surface area contributed by atoms with Gasteiger partial charge in [0.15, 0.2) is 0 Å². The van der Waals surface area contributed by atoms with Gasteiger partial charge in [-0.2, -0.15) is 0 Å². The van der Waals surface area contributed by atoms with Gasteiger partial charge in [0.2, 0.25) is 0 Å². The van der Waals surface area contributed by atoms with Crippen molar-refractivity contribution in [2.75, 3.05) is 0 Å². The van der Waals surface area contributed by atoms with Gasteiger partial charge in [-0.15, -0.1) is 0 Å². The molecule has 0 aliphatic heterocycles. The molecule has 17 heavy (non-hydrogen) atoms. The van der Waals surface area contributed by atoms with Gasteiger partial charge >= 0.3 is 5.97 Å². The molecule has 0 radical (unpaired) electrons. The van der Waals surface area contributed by atoms with Crippen molar-refractivity contribution in [1.82, 2.24) is 0 Å². The zero-order valence-electron chi connectivity index (χ0n) is 10.4. The van der Waals surface area contributed by atoms with E-state index in [0.29, 0.717) is 0 Å². The van der Waals surface area contributed by atoms with E-state index in [-0.39, 0.29) is 12.6 Å². The van der Waals surface area contributed by atoms with Gasteiger partial charge in [0.25, 0.3) is 0 Å². The normalized spacial score (nSPS) is 11.8. The van der Waals surface area contributed by atoms with E-state index in [4.69, 9.17) is 9.84 Å². The van der Waals surface area contributed by atoms with Crippen molar-refractivity contribution >= 4 is 12.0 Å². The third kappa shape index (κ3) is 5.31. The van der Waals surface area contributed by atoms with Gasteiger partial charge in [0.05, 0.1) is 6.61 Å². The van der Waals surface area contributed by atoms with E-state index in [0.717, 1.165) is 11.1 Å². The van der Waals surface area contributed by atoms with E-state index in [1.165, 1.54) is 6.08 Å². The Hall–Kier alpha value is -1.61. The van der Waals surface area contributed by atoms with Crippen LogP contribution in [0, 0.1) is 0 Å². The van der Waals surface area contributed by atoms with Crippen LogP contribution in [0.4, 0.5) is 0 Å². The lowest BCUT2D eigenvalue weighted by Gasteiger charge is -2.17. The van der Waals surface area contributed by atoms with E-state index in [9.17, 15) is 4.79 Å². The fourth-order valence-corrected chi connectivity index (χ4v) is 1.30. The fourth-order valence-electron chi connectivity index (χ4n) is 1.30. The second kappa shape index (κ2) is 5.64. The zero-order chi connectivity index (χ0) is 12.9. The minimum absolute atomic E-state index is 0.00584. The lowest BCUT2D eigenvalue weighted by Crippen LogP contribution is -2.22. The van der Waals surface area contributed by atoms with Crippen molar-refractivity contribution in [1.29, 1.82) is 0 Å². The van der Waals surface area contributed by atoms with Crippen LogP contribution in [0.15, 0.2) is 30.3 Å². The third-order valence-electron chi connectivity index (χ3n) is 1.95. The van der Waals surface area contributed by atoms with Crippen molar-refractivity contribution in [3.8, 4) is 0 Å². The van der Waals surface area contributed by atoms with Gasteiger partial charge in [0.1, 0.15) is 5.60 Å². The minimum Gasteiger partial charge on any atom is -0.457 e. The molecule has 1 aromatic rings. The van der Waals surface area contributed by atoms with Gasteiger partial charge < -0.3 is 9.84 Å². The van der Waals surface area contributed by atoms with Crippen LogP contribution >= 0.6 is 0 Å². The molecule has 0 saturated carbocycles. The van der Waals surface area contributed by atoms with Crippen molar-refractivity contribution < 1.29 is 14.6 Å². The lowest BCUT2D eigenvalue weighted by molar-refractivity contribution is -0.148. The Morgan fingerprint density at radius 2 is 2.12 bits per heavy atom. The number of aliphatic hydroxyl groups excluding tert-OH is 1. The van der Waals surface area contributed by atoms with Crippen LogP contribution in [0.1, 0.15) is 31.9 Å². The maximum atomic E-state index is 11.4. The molecule has 1 aromatic carbocycles. The first-order chi connectivity index (χ1) is 7.90. The Morgan fingerprint density at radius 3 is 2.71 bits per heavy atom. The molecule has 0 heterocycles. The molecule has 1 rings (SSSR count). The highest BCUT2D eigenvalue weighted by Crippen LogP contribution is 2.10.